The van der Waals surface area contributed by atoms with Crippen molar-refractivity contribution in [1.82, 2.24) is 0 Å². The summed E-state index contributed by atoms with van der Waals surface area (Å²) in [6.45, 7) is 0. The van der Waals surface area contributed by atoms with Gasteiger partial charge < -0.3 is 14.9 Å². The minimum atomic E-state index is 0.223. The minimum Gasteiger partial charge on any atom is -0.508 e. The molecule has 0 heterocycles. The molecule has 0 aliphatic rings. The molecular weight excluding hydrogens is 432 g/mol. The van der Waals surface area contributed by atoms with Crippen LogP contribution in [0.4, 0.5) is 0 Å². The van der Waals surface area contributed by atoms with Crippen LogP contribution >= 0.6 is 0 Å². The summed E-state index contributed by atoms with van der Waals surface area (Å²) in [5.41, 5.74) is 3.78. The molecule has 35 heavy (non-hydrogen) atoms. The molecule has 0 amide bonds. The SMILES string of the molecule is Oc1ccc(-c2ccc3ccccc3c2Oc2c(-c3ccc(O)cc3)ccc3ccccc23)cc1. The van der Waals surface area contributed by atoms with Crippen LogP contribution in [0.25, 0.3) is 43.8 Å². The maximum atomic E-state index is 9.83. The Morgan fingerprint density at radius 1 is 0.400 bits per heavy atom. The van der Waals surface area contributed by atoms with Crippen molar-refractivity contribution in [1.29, 1.82) is 0 Å². The first-order valence-electron chi connectivity index (χ1n) is 11.5. The number of ether oxygens (including phenoxy) is 1. The molecule has 2 N–H and O–H groups in total. The fraction of sp³-hybridized carbons (Fsp3) is 0. The molecule has 6 rings (SSSR count). The Kier molecular flexibility index (Phi) is 5.08. The van der Waals surface area contributed by atoms with Crippen molar-refractivity contribution < 1.29 is 14.9 Å². The van der Waals surface area contributed by atoms with E-state index in [2.05, 4.69) is 48.5 Å². The highest BCUT2D eigenvalue weighted by Gasteiger charge is 2.17. The molecule has 0 radical (unpaired) electrons. The van der Waals surface area contributed by atoms with Crippen molar-refractivity contribution in [3.05, 3.63) is 121 Å². The maximum Gasteiger partial charge on any atom is 0.143 e. The van der Waals surface area contributed by atoms with Crippen LogP contribution in [0.2, 0.25) is 0 Å². The van der Waals surface area contributed by atoms with Gasteiger partial charge in [0.25, 0.3) is 0 Å². The number of rotatable bonds is 4. The lowest BCUT2D eigenvalue weighted by molar-refractivity contribution is 0.475. The number of fused-ring (bicyclic) bond motifs is 2. The number of hydrogen-bond acceptors (Lipinski definition) is 3. The first-order valence-corrected chi connectivity index (χ1v) is 11.5. The minimum absolute atomic E-state index is 0.223. The lowest BCUT2D eigenvalue weighted by Crippen LogP contribution is -1.94. The number of phenols is 2. The molecule has 0 atom stereocenters. The van der Waals surface area contributed by atoms with Gasteiger partial charge in [-0.1, -0.05) is 84.9 Å². The van der Waals surface area contributed by atoms with Crippen molar-refractivity contribution in [3.8, 4) is 45.3 Å². The van der Waals surface area contributed by atoms with E-state index in [4.69, 9.17) is 4.74 Å². The van der Waals surface area contributed by atoms with E-state index in [0.29, 0.717) is 0 Å². The normalized spacial score (nSPS) is 11.1. The lowest BCUT2D eigenvalue weighted by atomic mass is 9.97. The Morgan fingerprint density at radius 2 is 0.800 bits per heavy atom. The molecule has 3 nitrogen and oxygen atoms in total. The fourth-order valence-corrected chi connectivity index (χ4v) is 4.54. The highest BCUT2D eigenvalue weighted by Crippen LogP contribution is 2.45. The average molecular weight is 455 g/mol. The number of phenolic OH excluding ortho intramolecular Hbond substituents is 2. The van der Waals surface area contributed by atoms with Gasteiger partial charge >= 0.3 is 0 Å². The second-order valence-electron chi connectivity index (χ2n) is 8.52. The predicted octanol–water partition coefficient (Wildman–Crippen LogP) is 8.53. The highest BCUT2D eigenvalue weighted by molar-refractivity contribution is 5.99. The quantitative estimate of drug-likeness (QED) is 0.281. The van der Waals surface area contributed by atoms with Gasteiger partial charge in [0, 0.05) is 21.9 Å². The second kappa shape index (κ2) is 8.54. The van der Waals surface area contributed by atoms with Gasteiger partial charge in [-0.3, -0.25) is 0 Å². The summed E-state index contributed by atoms with van der Waals surface area (Å²) >= 11 is 0. The molecule has 6 aromatic rings. The molecule has 168 valence electrons. The Labute approximate surface area is 203 Å². The molecule has 0 unspecified atom stereocenters. The third-order valence-corrected chi connectivity index (χ3v) is 6.32. The van der Waals surface area contributed by atoms with Crippen molar-refractivity contribution in [3.63, 3.8) is 0 Å². The summed E-state index contributed by atoms with van der Waals surface area (Å²) in [4.78, 5) is 0. The Bertz CT molecular complexity index is 1540. The van der Waals surface area contributed by atoms with Gasteiger partial charge in [0.2, 0.25) is 0 Å². The zero-order chi connectivity index (χ0) is 23.8. The van der Waals surface area contributed by atoms with Crippen LogP contribution in [0.3, 0.4) is 0 Å². The maximum absolute atomic E-state index is 9.83. The van der Waals surface area contributed by atoms with E-state index < -0.39 is 0 Å². The van der Waals surface area contributed by atoms with Crippen LogP contribution in [0.1, 0.15) is 0 Å². The van der Waals surface area contributed by atoms with Gasteiger partial charge in [-0.2, -0.15) is 0 Å². The van der Waals surface area contributed by atoms with Crippen LogP contribution < -0.4 is 4.74 Å². The summed E-state index contributed by atoms with van der Waals surface area (Å²) in [6, 6.07) is 39.0. The smallest absolute Gasteiger partial charge is 0.143 e. The van der Waals surface area contributed by atoms with E-state index in [0.717, 1.165) is 55.3 Å². The van der Waals surface area contributed by atoms with Gasteiger partial charge in [-0.05, 0) is 58.3 Å². The van der Waals surface area contributed by atoms with Crippen LogP contribution in [-0.4, -0.2) is 10.2 Å². The molecule has 0 saturated carbocycles. The molecule has 0 aliphatic carbocycles. The molecular formula is C32H22O3. The standard InChI is InChI=1S/C32H22O3/c33-25-15-9-23(10-16-25)29-19-13-21-5-1-3-7-27(21)31(29)35-32-28-8-4-2-6-22(28)14-20-30(32)24-11-17-26(34)18-12-24/h1-20,33-34H. The van der Waals surface area contributed by atoms with Crippen LogP contribution in [0.5, 0.6) is 23.0 Å². The van der Waals surface area contributed by atoms with E-state index in [1.165, 1.54) is 0 Å². The molecule has 3 heteroatoms. The zero-order valence-corrected chi connectivity index (χ0v) is 18.8. The fourth-order valence-electron chi connectivity index (χ4n) is 4.54. The van der Waals surface area contributed by atoms with Crippen LogP contribution in [0.15, 0.2) is 121 Å². The van der Waals surface area contributed by atoms with E-state index >= 15 is 0 Å². The molecule has 0 saturated heterocycles. The molecule has 0 fully saturated rings. The first kappa shape index (κ1) is 20.8. The molecule has 0 aliphatic heterocycles. The van der Waals surface area contributed by atoms with Gasteiger partial charge in [-0.25, -0.2) is 0 Å². The van der Waals surface area contributed by atoms with Crippen molar-refractivity contribution in [2.24, 2.45) is 0 Å². The highest BCUT2D eigenvalue weighted by atomic mass is 16.5. The summed E-state index contributed by atoms with van der Waals surface area (Å²) in [5, 5.41) is 23.8. The van der Waals surface area contributed by atoms with Crippen molar-refractivity contribution in [2.75, 3.05) is 0 Å². The van der Waals surface area contributed by atoms with Crippen LogP contribution in [0, 0.1) is 0 Å². The largest absolute Gasteiger partial charge is 0.508 e. The van der Waals surface area contributed by atoms with E-state index in [-0.39, 0.29) is 11.5 Å². The Hall–Kier alpha value is -4.76. The summed E-state index contributed by atoms with van der Waals surface area (Å²) in [6.07, 6.45) is 0. The summed E-state index contributed by atoms with van der Waals surface area (Å²) in [7, 11) is 0. The number of hydrogen-bond donors (Lipinski definition) is 2. The van der Waals surface area contributed by atoms with Gasteiger partial charge in [-0.15, -0.1) is 0 Å². The van der Waals surface area contributed by atoms with Gasteiger partial charge in [0.1, 0.15) is 23.0 Å². The average Bonchev–Trinajstić information content (AvgIpc) is 2.90. The first-order chi connectivity index (χ1) is 17.2. The molecule has 0 spiro atoms. The van der Waals surface area contributed by atoms with Gasteiger partial charge in [0.15, 0.2) is 0 Å². The van der Waals surface area contributed by atoms with E-state index in [1.807, 2.05) is 48.5 Å². The molecule has 0 bridgehead atoms. The lowest BCUT2D eigenvalue weighted by Gasteiger charge is -2.19. The number of aromatic hydroxyl groups is 2. The second-order valence-corrected chi connectivity index (χ2v) is 8.52. The van der Waals surface area contributed by atoms with Gasteiger partial charge in [0.05, 0.1) is 0 Å². The molecule has 6 aromatic carbocycles. The van der Waals surface area contributed by atoms with E-state index in [1.54, 1.807) is 24.3 Å². The third-order valence-electron chi connectivity index (χ3n) is 6.32. The zero-order valence-electron chi connectivity index (χ0n) is 18.8. The molecule has 0 aromatic heterocycles. The van der Waals surface area contributed by atoms with Crippen molar-refractivity contribution in [2.45, 2.75) is 0 Å². The van der Waals surface area contributed by atoms with E-state index in [9.17, 15) is 10.2 Å². The predicted molar refractivity (Wildman–Crippen MR) is 142 cm³/mol. The topological polar surface area (TPSA) is 49.7 Å². The van der Waals surface area contributed by atoms with Crippen molar-refractivity contribution >= 4 is 21.5 Å². The monoisotopic (exact) mass is 454 g/mol. The Balaban J connectivity index is 1.63. The Morgan fingerprint density at radius 3 is 1.23 bits per heavy atom. The van der Waals surface area contributed by atoms with Crippen LogP contribution in [-0.2, 0) is 0 Å². The summed E-state index contributed by atoms with van der Waals surface area (Å²) in [5.74, 6) is 1.96. The third kappa shape index (κ3) is 3.83. The summed E-state index contributed by atoms with van der Waals surface area (Å²) < 4.78 is 6.91. The number of benzene rings is 6.